The first-order valence-corrected chi connectivity index (χ1v) is 6.69. The normalized spacial score (nSPS) is 16.0. The van der Waals surface area contributed by atoms with E-state index in [2.05, 4.69) is 9.72 Å². The Labute approximate surface area is 122 Å². The molecule has 6 nitrogen and oxygen atoms in total. The van der Waals surface area contributed by atoms with Crippen LogP contribution >= 0.6 is 11.6 Å². The molecule has 0 aliphatic carbocycles. The predicted octanol–water partition coefficient (Wildman–Crippen LogP) is 0.666. The summed E-state index contributed by atoms with van der Waals surface area (Å²) in [7, 11) is 1.37. The molecule has 7 heteroatoms. The molecule has 0 N–H and O–H groups in total. The summed E-state index contributed by atoms with van der Waals surface area (Å²) in [6.07, 6.45) is 0. The molecule has 0 saturated carbocycles. The predicted molar refractivity (Wildman–Crippen MR) is 73.6 cm³/mol. The molecule has 1 aliphatic heterocycles. The highest BCUT2D eigenvalue weighted by Crippen LogP contribution is 2.10. The van der Waals surface area contributed by atoms with Crippen LogP contribution in [0.3, 0.4) is 0 Å². The number of aromatic nitrogens is 1. The number of piperazine rings is 1. The van der Waals surface area contributed by atoms with Crippen molar-refractivity contribution in [1.82, 2.24) is 14.8 Å². The standard InChI is InChI=1S/C13H16ClN3O3/c1-20-12(18)9-16-5-7-17(8-6-16)13(19)10-3-2-4-11(14)15-10/h2-4H,5-9H2,1H3. The van der Waals surface area contributed by atoms with E-state index in [1.807, 2.05) is 4.90 Å². The lowest BCUT2D eigenvalue weighted by Gasteiger charge is -2.33. The van der Waals surface area contributed by atoms with Crippen LogP contribution in [0.15, 0.2) is 18.2 Å². The average molecular weight is 298 g/mol. The number of carbonyl (C=O) groups is 2. The van der Waals surface area contributed by atoms with Crippen molar-refractivity contribution in [2.45, 2.75) is 0 Å². The number of ether oxygens (including phenoxy) is 1. The quantitative estimate of drug-likeness (QED) is 0.606. The van der Waals surface area contributed by atoms with Gasteiger partial charge in [0.2, 0.25) is 0 Å². The van der Waals surface area contributed by atoms with Crippen molar-refractivity contribution in [2.75, 3.05) is 39.8 Å². The first kappa shape index (κ1) is 14.7. The third kappa shape index (κ3) is 3.68. The zero-order valence-corrected chi connectivity index (χ0v) is 12.0. The summed E-state index contributed by atoms with van der Waals surface area (Å²) in [6.45, 7) is 2.66. The van der Waals surface area contributed by atoms with Crippen molar-refractivity contribution in [1.29, 1.82) is 0 Å². The molecular formula is C13H16ClN3O3. The fourth-order valence-electron chi connectivity index (χ4n) is 2.05. The third-order valence-electron chi connectivity index (χ3n) is 3.17. The molecule has 0 atom stereocenters. The van der Waals surface area contributed by atoms with Crippen molar-refractivity contribution in [3.63, 3.8) is 0 Å². The van der Waals surface area contributed by atoms with Crippen LogP contribution in [-0.4, -0.2) is 66.5 Å². The minimum Gasteiger partial charge on any atom is -0.468 e. The highest BCUT2D eigenvalue weighted by molar-refractivity contribution is 6.29. The van der Waals surface area contributed by atoms with Gasteiger partial charge >= 0.3 is 5.97 Å². The van der Waals surface area contributed by atoms with E-state index in [0.717, 1.165) is 0 Å². The summed E-state index contributed by atoms with van der Waals surface area (Å²) < 4.78 is 4.62. The Morgan fingerprint density at radius 2 is 2.00 bits per heavy atom. The molecule has 108 valence electrons. The smallest absolute Gasteiger partial charge is 0.319 e. The number of nitrogens with zero attached hydrogens (tertiary/aromatic N) is 3. The fourth-order valence-corrected chi connectivity index (χ4v) is 2.21. The second-order valence-electron chi connectivity index (χ2n) is 4.49. The minimum atomic E-state index is -0.263. The van der Waals surface area contributed by atoms with Gasteiger partial charge in [0.25, 0.3) is 5.91 Å². The van der Waals surface area contributed by atoms with Gasteiger partial charge in [0, 0.05) is 26.2 Å². The Morgan fingerprint density at radius 3 is 2.60 bits per heavy atom. The lowest BCUT2D eigenvalue weighted by Crippen LogP contribution is -2.50. The van der Waals surface area contributed by atoms with Gasteiger partial charge in [-0.1, -0.05) is 17.7 Å². The summed E-state index contributed by atoms with van der Waals surface area (Å²) in [4.78, 5) is 31.1. The van der Waals surface area contributed by atoms with Gasteiger partial charge in [-0.05, 0) is 12.1 Å². The molecule has 20 heavy (non-hydrogen) atoms. The van der Waals surface area contributed by atoms with Gasteiger partial charge in [0.1, 0.15) is 10.8 Å². The lowest BCUT2D eigenvalue weighted by molar-refractivity contribution is -0.142. The molecule has 2 heterocycles. The van der Waals surface area contributed by atoms with Gasteiger partial charge in [-0.3, -0.25) is 14.5 Å². The molecule has 0 spiro atoms. The van der Waals surface area contributed by atoms with Crippen molar-refractivity contribution in [3.8, 4) is 0 Å². The molecule has 1 aromatic heterocycles. The summed E-state index contributed by atoms with van der Waals surface area (Å²) in [5.41, 5.74) is 0.346. The fraction of sp³-hybridized carbons (Fsp3) is 0.462. The topological polar surface area (TPSA) is 62.7 Å². The van der Waals surface area contributed by atoms with Crippen LogP contribution in [0.25, 0.3) is 0 Å². The minimum absolute atomic E-state index is 0.134. The van der Waals surface area contributed by atoms with Gasteiger partial charge in [-0.25, -0.2) is 4.98 Å². The number of esters is 1. The summed E-state index contributed by atoms with van der Waals surface area (Å²) in [5, 5.41) is 0.306. The molecule has 1 saturated heterocycles. The summed E-state index contributed by atoms with van der Waals surface area (Å²) >= 11 is 5.78. The Hall–Kier alpha value is -1.66. The first-order chi connectivity index (χ1) is 9.60. The van der Waals surface area contributed by atoms with Gasteiger partial charge in [-0.15, -0.1) is 0 Å². The zero-order chi connectivity index (χ0) is 14.5. The number of hydrogen-bond donors (Lipinski definition) is 0. The monoisotopic (exact) mass is 297 g/mol. The maximum Gasteiger partial charge on any atom is 0.319 e. The van der Waals surface area contributed by atoms with E-state index in [0.29, 0.717) is 37.0 Å². The van der Waals surface area contributed by atoms with Crippen molar-refractivity contribution < 1.29 is 14.3 Å². The van der Waals surface area contributed by atoms with Crippen LogP contribution in [0.4, 0.5) is 0 Å². The first-order valence-electron chi connectivity index (χ1n) is 6.31. The molecule has 1 aromatic rings. The highest BCUT2D eigenvalue weighted by atomic mass is 35.5. The van der Waals surface area contributed by atoms with Crippen LogP contribution in [0.1, 0.15) is 10.5 Å². The third-order valence-corrected chi connectivity index (χ3v) is 3.38. The van der Waals surface area contributed by atoms with Gasteiger partial charge < -0.3 is 9.64 Å². The van der Waals surface area contributed by atoms with Crippen LogP contribution in [0, 0.1) is 0 Å². The van der Waals surface area contributed by atoms with Crippen LogP contribution < -0.4 is 0 Å². The number of halogens is 1. The molecule has 0 radical (unpaired) electrons. The maximum absolute atomic E-state index is 12.2. The van der Waals surface area contributed by atoms with Crippen molar-refractivity contribution >= 4 is 23.5 Å². The van der Waals surface area contributed by atoms with Crippen molar-refractivity contribution in [3.05, 3.63) is 29.0 Å². The van der Waals surface area contributed by atoms with Crippen molar-refractivity contribution in [2.24, 2.45) is 0 Å². The average Bonchev–Trinajstić information content (AvgIpc) is 2.47. The summed E-state index contributed by atoms with van der Waals surface area (Å²) in [5.74, 6) is -0.397. The van der Waals surface area contributed by atoms with E-state index >= 15 is 0 Å². The Bertz CT molecular complexity index is 501. The number of carbonyl (C=O) groups excluding carboxylic acids is 2. The largest absolute Gasteiger partial charge is 0.468 e. The molecule has 2 rings (SSSR count). The number of methoxy groups -OCH3 is 1. The maximum atomic E-state index is 12.2. The van der Waals surface area contributed by atoms with E-state index in [4.69, 9.17) is 11.6 Å². The van der Waals surface area contributed by atoms with E-state index in [-0.39, 0.29) is 18.4 Å². The van der Waals surface area contributed by atoms with E-state index in [9.17, 15) is 9.59 Å². The van der Waals surface area contributed by atoms with E-state index in [1.54, 1.807) is 23.1 Å². The molecule has 1 aliphatic rings. The Balaban J connectivity index is 1.90. The lowest BCUT2D eigenvalue weighted by atomic mass is 10.2. The number of hydrogen-bond acceptors (Lipinski definition) is 5. The van der Waals surface area contributed by atoms with Crippen LogP contribution in [0.5, 0.6) is 0 Å². The molecule has 1 fully saturated rings. The number of pyridine rings is 1. The van der Waals surface area contributed by atoms with Crippen LogP contribution in [-0.2, 0) is 9.53 Å². The zero-order valence-electron chi connectivity index (χ0n) is 11.2. The van der Waals surface area contributed by atoms with E-state index in [1.165, 1.54) is 7.11 Å². The van der Waals surface area contributed by atoms with E-state index < -0.39 is 0 Å². The molecule has 1 amide bonds. The van der Waals surface area contributed by atoms with Gasteiger partial charge in [-0.2, -0.15) is 0 Å². The number of rotatable bonds is 3. The Morgan fingerprint density at radius 1 is 1.30 bits per heavy atom. The van der Waals surface area contributed by atoms with Gasteiger partial charge in [0.15, 0.2) is 0 Å². The van der Waals surface area contributed by atoms with Crippen LogP contribution in [0.2, 0.25) is 5.15 Å². The molecule has 0 bridgehead atoms. The molecule has 0 unspecified atom stereocenters. The second kappa shape index (κ2) is 6.67. The molecule has 0 aromatic carbocycles. The molecular weight excluding hydrogens is 282 g/mol. The SMILES string of the molecule is COC(=O)CN1CCN(C(=O)c2cccc(Cl)n2)CC1. The second-order valence-corrected chi connectivity index (χ2v) is 4.88. The summed E-state index contributed by atoms with van der Waals surface area (Å²) in [6, 6.07) is 4.98. The van der Waals surface area contributed by atoms with Gasteiger partial charge in [0.05, 0.1) is 13.7 Å². The Kier molecular flexibility index (Phi) is 4.92. The number of amides is 1. The highest BCUT2D eigenvalue weighted by Gasteiger charge is 2.24.